The number of carboxylic acid groups (broad SMARTS) is 2. The van der Waals surface area contributed by atoms with Crippen LogP contribution in [-0.4, -0.2) is 22.2 Å². The number of aromatic hydroxyl groups is 2. The Hall–Kier alpha value is -3.06. The Labute approximate surface area is 119 Å². The summed E-state index contributed by atoms with van der Waals surface area (Å²) in [5, 5.41) is 38.0. The van der Waals surface area contributed by atoms with E-state index in [0.717, 1.165) is 0 Å². The third-order valence-corrected chi connectivity index (χ3v) is 2.25. The molecule has 2 aromatic rings. The van der Waals surface area contributed by atoms with E-state index in [1.807, 2.05) is 0 Å². The summed E-state index contributed by atoms with van der Waals surface area (Å²) in [5.41, 5.74) is -0.356. The van der Waals surface area contributed by atoms with Gasteiger partial charge in [-0.2, -0.15) is 0 Å². The first kappa shape index (κ1) is 17.9. The number of hydrogen-bond donors (Lipinski definition) is 2. The highest BCUT2D eigenvalue weighted by molar-refractivity contribution is 5.89. The van der Waals surface area contributed by atoms with Crippen LogP contribution in [-0.2, 0) is 5.48 Å². The molecule has 2 rings (SSSR count). The zero-order valence-corrected chi connectivity index (χ0v) is 10.6. The van der Waals surface area contributed by atoms with Crippen molar-refractivity contribution in [1.82, 2.24) is 0 Å². The number of para-hydroxylation sites is 2. The van der Waals surface area contributed by atoms with Gasteiger partial charge in [-0.1, -0.05) is 24.3 Å². The second kappa shape index (κ2) is 8.18. The van der Waals surface area contributed by atoms with E-state index >= 15 is 0 Å². The average molecular weight is 290 g/mol. The molecule has 7 nitrogen and oxygen atoms in total. The van der Waals surface area contributed by atoms with Crippen LogP contribution in [0, 0.1) is 0 Å². The van der Waals surface area contributed by atoms with Gasteiger partial charge in [-0.25, -0.2) is 0 Å². The molecular weight excluding hydrogens is 280 g/mol. The Balaban J connectivity index is 0.000000364. The van der Waals surface area contributed by atoms with Crippen molar-refractivity contribution >= 4 is 11.9 Å². The van der Waals surface area contributed by atoms with Crippen molar-refractivity contribution in [1.29, 1.82) is 0 Å². The van der Waals surface area contributed by atoms with Crippen LogP contribution in [0.3, 0.4) is 0 Å². The minimum absolute atomic E-state index is 0. The number of aromatic carboxylic acids is 2. The third-order valence-electron chi connectivity index (χ3n) is 2.25. The number of phenols is 2. The summed E-state index contributed by atoms with van der Waals surface area (Å²) >= 11 is 0. The highest BCUT2D eigenvalue weighted by Crippen LogP contribution is 2.14. The quantitative estimate of drug-likeness (QED) is 0.753. The zero-order valence-electron chi connectivity index (χ0n) is 10.6. The summed E-state index contributed by atoms with van der Waals surface area (Å²) in [6.07, 6.45) is 0. The Bertz CT molecular complexity index is 567. The molecule has 0 amide bonds. The van der Waals surface area contributed by atoms with Gasteiger partial charge >= 0.3 is 5.48 Å². The molecule has 2 N–H and O–H groups in total. The van der Waals surface area contributed by atoms with Gasteiger partial charge in [0, 0.05) is 11.1 Å². The fourth-order valence-corrected chi connectivity index (χ4v) is 1.29. The lowest BCUT2D eigenvalue weighted by molar-refractivity contribution is -0.256. The van der Waals surface area contributed by atoms with Gasteiger partial charge in [0.2, 0.25) is 0 Å². The maximum atomic E-state index is 10.2. The van der Waals surface area contributed by atoms with Crippen LogP contribution in [0.4, 0.5) is 0 Å². The maximum absolute atomic E-state index is 10.2. The highest BCUT2D eigenvalue weighted by Gasteiger charge is 2.00. The molecule has 0 heterocycles. The Morgan fingerprint density at radius 2 is 1.00 bits per heavy atom. The van der Waals surface area contributed by atoms with Crippen LogP contribution in [0.25, 0.3) is 0 Å². The number of rotatable bonds is 2. The first-order chi connectivity index (χ1) is 9.43. The zero-order chi connectivity index (χ0) is 15.1. The lowest BCUT2D eigenvalue weighted by atomic mass is 10.2. The van der Waals surface area contributed by atoms with Gasteiger partial charge in [-0.05, 0) is 24.3 Å². The van der Waals surface area contributed by atoms with E-state index in [1.165, 1.54) is 36.4 Å². The fourth-order valence-electron chi connectivity index (χ4n) is 1.29. The Kier molecular flexibility index (Phi) is 6.99. The highest BCUT2D eigenvalue weighted by atomic mass is 16.4. The van der Waals surface area contributed by atoms with Gasteiger partial charge in [-0.3, -0.25) is 0 Å². The smallest absolute Gasteiger partial charge is 0.545 e. The van der Waals surface area contributed by atoms with Gasteiger partial charge in [0.1, 0.15) is 11.5 Å². The van der Waals surface area contributed by atoms with Gasteiger partial charge in [0.05, 0.1) is 11.9 Å². The van der Waals surface area contributed by atoms with Crippen LogP contribution in [0.5, 0.6) is 11.5 Å². The predicted octanol–water partition coefficient (Wildman–Crippen LogP) is -0.607. The molecule has 7 heteroatoms. The van der Waals surface area contributed by atoms with Gasteiger partial charge in [-0.15, -0.1) is 0 Å². The molecule has 21 heavy (non-hydrogen) atoms. The minimum atomic E-state index is -1.36. The topological polar surface area (TPSA) is 149 Å². The van der Waals surface area contributed by atoms with Crippen LogP contribution >= 0.6 is 0 Å². The molecule has 0 aromatic heterocycles. The number of hydrogen-bond acceptors (Lipinski definition) is 6. The van der Waals surface area contributed by atoms with Crippen LogP contribution in [0.15, 0.2) is 48.5 Å². The van der Waals surface area contributed by atoms with Gasteiger partial charge in [0.25, 0.3) is 0 Å². The van der Waals surface area contributed by atoms with Crippen molar-refractivity contribution in [2.24, 2.45) is 0 Å². The Morgan fingerprint density at radius 3 is 1.19 bits per heavy atom. The molecule has 0 aliphatic rings. The molecule has 0 spiro atoms. The molecule has 2 aromatic carbocycles. The number of carbonyl (C=O) groups excluding carboxylic acids is 2. The van der Waals surface area contributed by atoms with E-state index in [4.69, 9.17) is 10.2 Å². The Morgan fingerprint density at radius 1 is 0.714 bits per heavy atom. The average Bonchev–Trinajstić information content (AvgIpc) is 2.40. The van der Waals surface area contributed by atoms with Crippen molar-refractivity contribution in [2.75, 3.05) is 0 Å². The molecule has 4 radical (unpaired) electrons. The third kappa shape index (κ3) is 5.21. The van der Waals surface area contributed by atoms with E-state index in [9.17, 15) is 19.8 Å². The van der Waals surface area contributed by atoms with Crippen LogP contribution < -0.4 is 10.2 Å². The molecule has 0 aliphatic carbocycles. The van der Waals surface area contributed by atoms with Crippen molar-refractivity contribution in [2.45, 2.75) is 0 Å². The number of carbonyl (C=O) groups is 2. The standard InChI is InChI=1S/2C7H6O3.O/c2*8-6-4-2-1-3-5(6)7(9)10;/h2*1-4,8H,(H,9,10);/q;;+2/p-2. The molecule has 0 saturated carbocycles. The summed E-state index contributed by atoms with van der Waals surface area (Å²) < 4.78 is 0. The van der Waals surface area contributed by atoms with Crippen molar-refractivity contribution < 1.29 is 35.5 Å². The van der Waals surface area contributed by atoms with Crippen molar-refractivity contribution in [3.63, 3.8) is 0 Å². The molecule has 0 aliphatic heterocycles. The molecular formula is C14H10O7. The van der Waals surface area contributed by atoms with E-state index in [2.05, 4.69) is 0 Å². The predicted molar refractivity (Wildman–Crippen MR) is 65.6 cm³/mol. The van der Waals surface area contributed by atoms with Gasteiger partial charge in [0.15, 0.2) is 0 Å². The summed E-state index contributed by atoms with van der Waals surface area (Å²) in [6, 6.07) is 11.3. The van der Waals surface area contributed by atoms with Crippen molar-refractivity contribution in [3.8, 4) is 11.5 Å². The SMILES string of the molecule is O=C([O-])c1ccccc1O.O=C([O-])c1ccccc1O.[O+2]. The van der Waals surface area contributed by atoms with Crippen LogP contribution in [0.2, 0.25) is 0 Å². The molecule has 0 saturated heterocycles. The normalized spacial score (nSPS) is 8.76. The largest absolute Gasteiger partial charge is 2.00 e. The number of carboxylic acids is 2. The second-order valence-corrected chi connectivity index (χ2v) is 3.61. The van der Waals surface area contributed by atoms with E-state index < -0.39 is 11.9 Å². The fraction of sp³-hybridized carbons (Fsp3) is 0. The molecule has 0 bridgehead atoms. The summed E-state index contributed by atoms with van der Waals surface area (Å²) in [7, 11) is 0. The van der Waals surface area contributed by atoms with Crippen molar-refractivity contribution in [3.05, 3.63) is 59.7 Å². The number of benzene rings is 2. The molecule has 0 fully saturated rings. The van der Waals surface area contributed by atoms with E-state index in [-0.39, 0.29) is 28.1 Å². The first-order valence-electron chi connectivity index (χ1n) is 5.42. The first-order valence-corrected chi connectivity index (χ1v) is 5.42. The lowest BCUT2D eigenvalue weighted by Crippen LogP contribution is -2.22. The lowest BCUT2D eigenvalue weighted by Gasteiger charge is -2.02. The van der Waals surface area contributed by atoms with Crippen LogP contribution in [0.1, 0.15) is 20.7 Å². The molecule has 0 unspecified atom stereocenters. The monoisotopic (exact) mass is 290 g/mol. The van der Waals surface area contributed by atoms with Gasteiger partial charge < -0.3 is 30.0 Å². The summed E-state index contributed by atoms with van der Waals surface area (Å²) in [6.45, 7) is 0. The second-order valence-electron chi connectivity index (χ2n) is 3.61. The molecule has 0 atom stereocenters. The molecule has 108 valence electrons. The summed E-state index contributed by atoms with van der Waals surface area (Å²) in [5.74, 6) is -3.25. The summed E-state index contributed by atoms with van der Waals surface area (Å²) in [4.78, 5) is 20.3. The maximum Gasteiger partial charge on any atom is 2.00 e. The van der Waals surface area contributed by atoms with E-state index in [1.54, 1.807) is 12.1 Å². The van der Waals surface area contributed by atoms with E-state index in [0.29, 0.717) is 0 Å². The minimum Gasteiger partial charge on any atom is -0.545 e.